The van der Waals surface area contributed by atoms with Crippen LogP contribution in [-0.2, 0) is 38.5 Å². The number of aryl methyl sites for hydroxylation is 1. The smallest absolute Gasteiger partial charge is 0.413 e. The summed E-state index contributed by atoms with van der Waals surface area (Å²) in [6.45, 7) is 7.44. The molecule has 244 valence electrons. The molecule has 1 aliphatic heterocycles. The number of likely N-dealkylation sites (tertiary alicyclic amines) is 1. The maximum atomic E-state index is 14.4. The number of Topliss-reactive ketones (excluding diaryl/α,β-unsaturated/α-hetero) is 2. The van der Waals surface area contributed by atoms with Crippen LogP contribution in [0.4, 0.5) is 10.6 Å². The fourth-order valence-corrected chi connectivity index (χ4v) is 6.16. The quantitative estimate of drug-likeness (QED) is 0.219. The number of ether oxygens (including phenoxy) is 1. The van der Waals surface area contributed by atoms with Gasteiger partial charge in [0.2, 0.25) is 5.91 Å². The lowest BCUT2D eigenvalue weighted by atomic mass is 9.67. The number of rotatable bonds is 12. The van der Waals surface area contributed by atoms with Crippen LogP contribution in [0.15, 0.2) is 72.8 Å². The molecule has 0 bridgehead atoms. The number of carbonyl (C=O) groups excluding carboxylic acids is 4. The average Bonchev–Trinajstić information content (AvgIpc) is 3.38. The first kappa shape index (κ1) is 34.4. The van der Waals surface area contributed by atoms with E-state index in [0.717, 1.165) is 16.7 Å². The summed E-state index contributed by atoms with van der Waals surface area (Å²) >= 11 is 0. The van der Waals surface area contributed by atoms with Crippen LogP contribution in [0, 0.1) is 12.3 Å². The Morgan fingerprint density at radius 2 is 1.43 bits per heavy atom. The monoisotopic (exact) mass is 628 g/mol. The van der Waals surface area contributed by atoms with Gasteiger partial charge in [0.1, 0.15) is 22.9 Å². The van der Waals surface area contributed by atoms with Gasteiger partial charge in [-0.05, 0) is 69.7 Å². The molecule has 1 saturated heterocycles. The molecule has 4 rings (SSSR count). The summed E-state index contributed by atoms with van der Waals surface area (Å²) in [5, 5.41) is 2.62. The van der Waals surface area contributed by atoms with Crippen molar-refractivity contribution >= 4 is 29.4 Å². The summed E-state index contributed by atoms with van der Waals surface area (Å²) in [6, 6.07) is 18.5. The molecule has 46 heavy (non-hydrogen) atoms. The van der Waals surface area contributed by atoms with E-state index in [4.69, 9.17) is 21.9 Å². The summed E-state index contributed by atoms with van der Waals surface area (Å²) in [6.07, 6.45) is -0.235. The van der Waals surface area contributed by atoms with Crippen LogP contribution in [0.1, 0.15) is 49.6 Å². The molecule has 1 aliphatic rings. The molecule has 1 fully saturated rings. The highest BCUT2D eigenvalue weighted by Gasteiger charge is 2.61. The van der Waals surface area contributed by atoms with Crippen molar-refractivity contribution in [3.05, 3.63) is 95.2 Å². The van der Waals surface area contributed by atoms with Crippen molar-refractivity contribution in [2.75, 3.05) is 11.9 Å². The highest BCUT2D eigenvalue weighted by molar-refractivity contribution is 6.15. The second kappa shape index (κ2) is 14.3. The molecule has 2 amide bonds. The van der Waals surface area contributed by atoms with Crippen molar-refractivity contribution in [3.63, 3.8) is 0 Å². The van der Waals surface area contributed by atoms with Gasteiger partial charge < -0.3 is 21.9 Å². The number of amides is 2. The Bertz CT molecular complexity index is 1500. The number of benzene rings is 2. The summed E-state index contributed by atoms with van der Waals surface area (Å²) in [7, 11) is 0. The standard InChI is InChI=1S/C35H44N6O5/c1-22-25(15-16-28(39-22)40-33(45)46-34(2,3)4)21-41-18-17-35(29(41)32(38)44,30(42)26(36)19-23-11-7-5-8-12-23)31(43)27(37)20-24-13-9-6-10-14-24/h5-16,26-27,29H,17-21,36-37H2,1-4H3,(H2,38,44)(H,39,40,45)/t26-,27-,29+/m0/s1. The Labute approximate surface area is 269 Å². The van der Waals surface area contributed by atoms with E-state index >= 15 is 0 Å². The topological polar surface area (TPSA) is 184 Å². The number of carbonyl (C=O) groups is 4. The minimum absolute atomic E-state index is 0.0357. The predicted molar refractivity (Wildman–Crippen MR) is 176 cm³/mol. The molecule has 1 aromatic heterocycles. The second-order valence-corrected chi connectivity index (χ2v) is 12.9. The summed E-state index contributed by atoms with van der Waals surface area (Å²) in [5.41, 5.74) is 19.5. The molecular formula is C35H44N6O5. The van der Waals surface area contributed by atoms with Gasteiger partial charge in [0, 0.05) is 18.8 Å². The van der Waals surface area contributed by atoms with Crippen LogP contribution in [0.25, 0.3) is 0 Å². The van der Waals surface area contributed by atoms with E-state index in [0.29, 0.717) is 11.5 Å². The number of anilines is 1. The van der Waals surface area contributed by atoms with Crippen molar-refractivity contribution in [2.45, 2.75) is 77.2 Å². The Balaban J connectivity index is 1.64. The molecule has 0 unspecified atom stereocenters. The molecule has 0 spiro atoms. The Hall–Kier alpha value is -4.45. The van der Waals surface area contributed by atoms with E-state index in [9.17, 15) is 19.2 Å². The lowest BCUT2D eigenvalue weighted by Gasteiger charge is -2.37. The van der Waals surface area contributed by atoms with Crippen molar-refractivity contribution in [3.8, 4) is 0 Å². The van der Waals surface area contributed by atoms with Crippen molar-refractivity contribution in [1.29, 1.82) is 0 Å². The molecule has 3 aromatic rings. The summed E-state index contributed by atoms with van der Waals surface area (Å²) < 4.78 is 5.31. The Morgan fingerprint density at radius 1 is 0.913 bits per heavy atom. The summed E-state index contributed by atoms with van der Waals surface area (Å²) in [4.78, 5) is 60.5. The van der Waals surface area contributed by atoms with Gasteiger partial charge in [-0.25, -0.2) is 9.78 Å². The van der Waals surface area contributed by atoms with Gasteiger partial charge in [-0.15, -0.1) is 0 Å². The molecule has 11 heteroatoms. The molecule has 0 aliphatic carbocycles. The van der Waals surface area contributed by atoms with E-state index in [2.05, 4.69) is 10.3 Å². The van der Waals surface area contributed by atoms with E-state index < -0.39 is 52.7 Å². The van der Waals surface area contributed by atoms with Crippen LogP contribution in [-0.4, -0.2) is 63.7 Å². The first-order valence-corrected chi connectivity index (χ1v) is 15.4. The van der Waals surface area contributed by atoms with Crippen LogP contribution >= 0.6 is 0 Å². The van der Waals surface area contributed by atoms with Crippen molar-refractivity contribution in [2.24, 2.45) is 22.6 Å². The Kier molecular flexibility index (Phi) is 10.7. The molecule has 11 nitrogen and oxygen atoms in total. The number of pyridine rings is 1. The zero-order valence-electron chi connectivity index (χ0n) is 26.9. The largest absolute Gasteiger partial charge is 0.444 e. The zero-order valence-corrected chi connectivity index (χ0v) is 26.9. The highest BCUT2D eigenvalue weighted by Crippen LogP contribution is 2.42. The lowest BCUT2D eigenvalue weighted by molar-refractivity contribution is -0.148. The molecule has 2 heterocycles. The molecule has 7 N–H and O–H groups in total. The van der Waals surface area contributed by atoms with Gasteiger partial charge in [-0.3, -0.25) is 24.6 Å². The predicted octanol–water partition coefficient (Wildman–Crippen LogP) is 3.06. The van der Waals surface area contributed by atoms with Crippen LogP contribution < -0.4 is 22.5 Å². The third-order valence-electron chi connectivity index (χ3n) is 8.24. The molecule has 2 aromatic carbocycles. The van der Waals surface area contributed by atoms with Gasteiger partial charge >= 0.3 is 6.09 Å². The second-order valence-electron chi connectivity index (χ2n) is 12.9. The number of nitrogens with zero attached hydrogens (tertiary/aromatic N) is 2. The summed E-state index contributed by atoms with van der Waals surface area (Å²) in [5.74, 6) is -1.63. The SMILES string of the molecule is Cc1nc(NC(=O)OC(C)(C)C)ccc1CN1CCC(C(=O)[C@@H](N)Cc2ccccc2)(C(=O)[C@@H](N)Cc2ccccc2)[C@H]1C(N)=O. The van der Waals surface area contributed by atoms with E-state index in [1.165, 1.54) is 0 Å². The third-order valence-corrected chi connectivity index (χ3v) is 8.24. The van der Waals surface area contributed by atoms with Crippen molar-refractivity contribution < 1.29 is 23.9 Å². The van der Waals surface area contributed by atoms with E-state index in [-0.39, 0.29) is 32.4 Å². The third kappa shape index (κ3) is 8.03. The normalized spacial score (nSPS) is 17.6. The number of primary amides is 1. The van der Waals surface area contributed by atoms with E-state index in [1.807, 2.05) is 60.7 Å². The maximum Gasteiger partial charge on any atom is 0.413 e. The fraction of sp³-hybridized carbons (Fsp3) is 0.400. The van der Waals surface area contributed by atoms with Gasteiger partial charge in [0.05, 0.1) is 12.1 Å². The minimum atomic E-state index is -1.84. The number of nitrogens with two attached hydrogens (primary N) is 3. The van der Waals surface area contributed by atoms with Gasteiger partial charge in [0.15, 0.2) is 11.6 Å². The lowest BCUT2D eigenvalue weighted by Crippen LogP contribution is -2.62. The van der Waals surface area contributed by atoms with Gasteiger partial charge in [-0.1, -0.05) is 66.7 Å². The molecule has 3 atom stereocenters. The number of hydrogen-bond donors (Lipinski definition) is 4. The molecule has 0 radical (unpaired) electrons. The first-order valence-electron chi connectivity index (χ1n) is 15.4. The average molecular weight is 629 g/mol. The number of ketones is 2. The van der Waals surface area contributed by atoms with Gasteiger partial charge in [-0.2, -0.15) is 0 Å². The molecule has 0 saturated carbocycles. The number of nitrogens with one attached hydrogen (secondary N) is 1. The Morgan fingerprint density at radius 3 is 1.89 bits per heavy atom. The molecular weight excluding hydrogens is 584 g/mol. The number of hydrogen-bond acceptors (Lipinski definition) is 9. The number of aromatic nitrogens is 1. The van der Waals surface area contributed by atoms with Gasteiger partial charge in [0.25, 0.3) is 0 Å². The van der Waals surface area contributed by atoms with Crippen LogP contribution in [0.2, 0.25) is 0 Å². The first-order chi connectivity index (χ1) is 21.7. The minimum Gasteiger partial charge on any atom is -0.444 e. The van der Waals surface area contributed by atoms with Crippen LogP contribution in [0.5, 0.6) is 0 Å². The maximum absolute atomic E-state index is 14.4. The van der Waals surface area contributed by atoms with Crippen molar-refractivity contribution in [1.82, 2.24) is 9.88 Å². The fourth-order valence-electron chi connectivity index (χ4n) is 6.16. The van der Waals surface area contributed by atoms with Crippen LogP contribution in [0.3, 0.4) is 0 Å². The zero-order chi connectivity index (χ0) is 33.6. The van der Waals surface area contributed by atoms with E-state index in [1.54, 1.807) is 44.7 Å². The highest BCUT2D eigenvalue weighted by atomic mass is 16.6.